The predicted octanol–water partition coefficient (Wildman–Crippen LogP) is 2.31. The van der Waals surface area contributed by atoms with Gasteiger partial charge in [0.25, 0.3) is 0 Å². The van der Waals surface area contributed by atoms with Crippen LogP contribution in [0.15, 0.2) is 24.3 Å². The van der Waals surface area contributed by atoms with Crippen LogP contribution in [0.2, 0.25) is 0 Å². The van der Waals surface area contributed by atoms with Gasteiger partial charge in [0.05, 0.1) is 0 Å². The minimum Gasteiger partial charge on any atom is -0.330 e. The van der Waals surface area contributed by atoms with Crippen molar-refractivity contribution in [3.63, 3.8) is 0 Å². The standard InChI is InChI=1S/C12H17NO/c1-10-5-7-11(8-6-10)12(14)4-2-3-9-13/h5-8H,2-4,9,13H2,1H3. The highest BCUT2D eigenvalue weighted by Gasteiger charge is 2.03. The van der Waals surface area contributed by atoms with E-state index in [0.29, 0.717) is 13.0 Å². The van der Waals surface area contributed by atoms with Crippen molar-refractivity contribution < 1.29 is 4.79 Å². The number of Topliss-reactive ketones (excluding diaryl/α,β-unsaturated/α-hetero) is 1. The van der Waals surface area contributed by atoms with Crippen molar-refractivity contribution in [1.29, 1.82) is 0 Å². The molecule has 0 atom stereocenters. The number of carbonyl (C=O) groups excluding carboxylic acids is 1. The first-order chi connectivity index (χ1) is 6.74. The number of rotatable bonds is 5. The van der Waals surface area contributed by atoms with Gasteiger partial charge in [-0.2, -0.15) is 0 Å². The Bertz CT molecular complexity index is 290. The highest BCUT2D eigenvalue weighted by atomic mass is 16.1. The molecule has 2 nitrogen and oxygen atoms in total. The zero-order chi connectivity index (χ0) is 10.4. The summed E-state index contributed by atoms with van der Waals surface area (Å²) >= 11 is 0. The Labute approximate surface area is 85.1 Å². The molecule has 0 heterocycles. The zero-order valence-corrected chi connectivity index (χ0v) is 8.62. The van der Waals surface area contributed by atoms with Crippen molar-refractivity contribution in [1.82, 2.24) is 0 Å². The van der Waals surface area contributed by atoms with Gasteiger partial charge in [0, 0.05) is 12.0 Å². The molecule has 0 saturated heterocycles. The predicted molar refractivity (Wildman–Crippen MR) is 58.4 cm³/mol. The lowest BCUT2D eigenvalue weighted by Gasteiger charge is -2.00. The molecule has 0 spiro atoms. The minimum atomic E-state index is 0.221. The molecule has 1 rings (SSSR count). The number of hydrogen-bond donors (Lipinski definition) is 1. The summed E-state index contributed by atoms with van der Waals surface area (Å²) in [6.07, 6.45) is 2.43. The Morgan fingerprint density at radius 2 is 1.86 bits per heavy atom. The molecule has 0 fully saturated rings. The van der Waals surface area contributed by atoms with Gasteiger partial charge in [-0.25, -0.2) is 0 Å². The second-order valence-corrected chi connectivity index (χ2v) is 3.53. The average molecular weight is 191 g/mol. The molecule has 0 aromatic heterocycles. The number of nitrogens with two attached hydrogens (primary N) is 1. The number of aryl methyl sites for hydroxylation is 1. The summed E-state index contributed by atoms with van der Waals surface area (Å²) in [4.78, 5) is 11.6. The molecule has 0 radical (unpaired) electrons. The lowest BCUT2D eigenvalue weighted by Crippen LogP contribution is -2.02. The van der Waals surface area contributed by atoms with E-state index in [-0.39, 0.29) is 5.78 Å². The maximum atomic E-state index is 11.6. The summed E-state index contributed by atoms with van der Waals surface area (Å²) in [6.45, 7) is 2.68. The number of unbranched alkanes of at least 4 members (excludes halogenated alkanes) is 1. The third-order valence-corrected chi connectivity index (χ3v) is 2.23. The van der Waals surface area contributed by atoms with Crippen molar-refractivity contribution in [3.8, 4) is 0 Å². The van der Waals surface area contributed by atoms with Crippen LogP contribution >= 0.6 is 0 Å². The molecule has 14 heavy (non-hydrogen) atoms. The Morgan fingerprint density at radius 3 is 2.43 bits per heavy atom. The van der Waals surface area contributed by atoms with E-state index in [4.69, 9.17) is 5.73 Å². The number of carbonyl (C=O) groups is 1. The van der Waals surface area contributed by atoms with Gasteiger partial charge in [-0.05, 0) is 26.3 Å². The average Bonchev–Trinajstić information content (AvgIpc) is 2.19. The normalized spacial score (nSPS) is 10.1. The molecule has 0 amide bonds. The summed E-state index contributed by atoms with van der Waals surface area (Å²) in [5, 5.41) is 0. The van der Waals surface area contributed by atoms with Crippen LogP contribution in [0.25, 0.3) is 0 Å². The molecule has 0 unspecified atom stereocenters. The SMILES string of the molecule is Cc1ccc(C(=O)CCCCN)cc1. The van der Waals surface area contributed by atoms with E-state index in [1.807, 2.05) is 31.2 Å². The van der Waals surface area contributed by atoms with E-state index in [1.54, 1.807) is 0 Å². The van der Waals surface area contributed by atoms with Crippen molar-refractivity contribution in [2.75, 3.05) is 6.54 Å². The van der Waals surface area contributed by atoms with E-state index in [9.17, 15) is 4.79 Å². The van der Waals surface area contributed by atoms with Crippen molar-refractivity contribution in [3.05, 3.63) is 35.4 Å². The Hall–Kier alpha value is -1.15. The molecule has 1 aromatic rings. The molecular formula is C12H17NO. The van der Waals surface area contributed by atoms with Gasteiger partial charge in [0.15, 0.2) is 5.78 Å². The Morgan fingerprint density at radius 1 is 1.21 bits per heavy atom. The van der Waals surface area contributed by atoms with Crippen LogP contribution in [0.1, 0.15) is 35.2 Å². The molecule has 0 aliphatic carbocycles. The van der Waals surface area contributed by atoms with Crippen LogP contribution in [-0.2, 0) is 0 Å². The van der Waals surface area contributed by atoms with Gasteiger partial charge in [-0.1, -0.05) is 29.8 Å². The fourth-order valence-corrected chi connectivity index (χ4v) is 1.31. The lowest BCUT2D eigenvalue weighted by molar-refractivity contribution is 0.0979. The number of benzene rings is 1. The summed E-state index contributed by atoms with van der Waals surface area (Å²) in [5.41, 5.74) is 7.36. The maximum Gasteiger partial charge on any atom is 0.162 e. The topological polar surface area (TPSA) is 43.1 Å². The molecule has 2 N–H and O–H groups in total. The monoisotopic (exact) mass is 191 g/mol. The smallest absolute Gasteiger partial charge is 0.162 e. The van der Waals surface area contributed by atoms with Gasteiger partial charge in [-0.3, -0.25) is 4.79 Å². The molecular weight excluding hydrogens is 174 g/mol. The highest BCUT2D eigenvalue weighted by molar-refractivity contribution is 5.96. The van der Waals surface area contributed by atoms with Crippen LogP contribution in [0, 0.1) is 6.92 Å². The number of ketones is 1. The van der Waals surface area contributed by atoms with Crippen molar-refractivity contribution in [2.24, 2.45) is 5.73 Å². The second kappa shape index (κ2) is 5.55. The molecule has 2 heteroatoms. The quantitative estimate of drug-likeness (QED) is 0.573. The Kier molecular flexibility index (Phi) is 4.33. The fourth-order valence-electron chi connectivity index (χ4n) is 1.31. The van der Waals surface area contributed by atoms with Crippen LogP contribution in [0.4, 0.5) is 0 Å². The second-order valence-electron chi connectivity index (χ2n) is 3.53. The molecule has 0 bridgehead atoms. The number of hydrogen-bond acceptors (Lipinski definition) is 2. The minimum absolute atomic E-state index is 0.221. The summed E-state index contributed by atoms with van der Waals surface area (Å²) in [6, 6.07) is 7.71. The first kappa shape index (κ1) is 10.9. The van der Waals surface area contributed by atoms with Gasteiger partial charge in [0.1, 0.15) is 0 Å². The fraction of sp³-hybridized carbons (Fsp3) is 0.417. The van der Waals surface area contributed by atoms with Crippen LogP contribution in [0.5, 0.6) is 0 Å². The summed E-state index contributed by atoms with van der Waals surface area (Å²) in [7, 11) is 0. The summed E-state index contributed by atoms with van der Waals surface area (Å²) in [5.74, 6) is 0.221. The largest absolute Gasteiger partial charge is 0.330 e. The van der Waals surface area contributed by atoms with Crippen LogP contribution in [-0.4, -0.2) is 12.3 Å². The van der Waals surface area contributed by atoms with Crippen LogP contribution in [0.3, 0.4) is 0 Å². The lowest BCUT2D eigenvalue weighted by atomic mass is 10.0. The molecule has 1 aromatic carbocycles. The third-order valence-electron chi connectivity index (χ3n) is 2.23. The third kappa shape index (κ3) is 3.30. The van der Waals surface area contributed by atoms with Crippen LogP contribution < -0.4 is 5.73 Å². The van der Waals surface area contributed by atoms with Crippen molar-refractivity contribution in [2.45, 2.75) is 26.2 Å². The van der Waals surface area contributed by atoms with Gasteiger partial charge in [0.2, 0.25) is 0 Å². The van der Waals surface area contributed by atoms with Gasteiger partial charge < -0.3 is 5.73 Å². The first-order valence-corrected chi connectivity index (χ1v) is 5.04. The molecule has 0 aliphatic rings. The van der Waals surface area contributed by atoms with Gasteiger partial charge >= 0.3 is 0 Å². The van der Waals surface area contributed by atoms with E-state index >= 15 is 0 Å². The summed E-state index contributed by atoms with van der Waals surface area (Å²) < 4.78 is 0. The van der Waals surface area contributed by atoms with E-state index in [0.717, 1.165) is 18.4 Å². The zero-order valence-electron chi connectivity index (χ0n) is 8.62. The maximum absolute atomic E-state index is 11.6. The van der Waals surface area contributed by atoms with E-state index < -0.39 is 0 Å². The molecule has 76 valence electrons. The van der Waals surface area contributed by atoms with Gasteiger partial charge in [-0.15, -0.1) is 0 Å². The molecule has 0 saturated carbocycles. The van der Waals surface area contributed by atoms with E-state index in [2.05, 4.69) is 0 Å². The van der Waals surface area contributed by atoms with Crippen molar-refractivity contribution >= 4 is 5.78 Å². The first-order valence-electron chi connectivity index (χ1n) is 5.04. The Balaban J connectivity index is 2.48. The highest BCUT2D eigenvalue weighted by Crippen LogP contribution is 2.08. The van der Waals surface area contributed by atoms with E-state index in [1.165, 1.54) is 5.56 Å². The molecule has 0 aliphatic heterocycles.